The van der Waals surface area contributed by atoms with E-state index in [0.717, 1.165) is 24.8 Å². The molecule has 0 saturated heterocycles. The molecule has 1 aromatic heterocycles. The Bertz CT molecular complexity index is 633. The third-order valence-electron chi connectivity index (χ3n) is 3.45. The summed E-state index contributed by atoms with van der Waals surface area (Å²) < 4.78 is 10.5. The van der Waals surface area contributed by atoms with Gasteiger partial charge in [0.1, 0.15) is 0 Å². The van der Waals surface area contributed by atoms with Crippen molar-refractivity contribution in [3.8, 4) is 6.08 Å². The van der Waals surface area contributed by atoms with E-state index in [0.29, 0.717) is 17.5 Å². The topological polar surface area (TPSA) is 52.3 Å². The molecule has 0 aliphatic carbocycles. The van der Waals surface area contributed by atoms with Crippen LogP contribution < -0.4 is 10.4 Å². The lowest BCUT2D eigenvalue weighted by Gasteiger charge is -2.06. The highest BCUT2D eigenvalue weighted by atomic mass is 16.6. The maximum Gasteiger partial charge on any atom is 0.397 e. The molecule has 0 unspecified atom stereocenters. The molecule has 1 heterocycles. The summed E-state index contributed by atoms with van der Waals surface area (Å²) in [4.78, 5) is 16.5. The molecule has 114 valence electrons. The Labute approximate surface area is 125 Å². The number of hydrogen-bond acceptors (Lipinski definition) is 4. The Morgan fingerprint density at radius 2 is 2.00 bits per heavy atom. The zero-order valence-electron chi connectivity index (χ0n) is 12.9. The lowest BCUT2D eigenvalue weighted by atomic mass is 10.0. The van der Waals surface area contributed by atoms with Gasteiger partial charge < -0.3 is 9.15 Å². The summed E-state index contributed by atoms with van der Waals surface area (Å²) in [7, 11) is 0. The summed E-state index contributed by atoms with van der Waals surface area (Å²) in [5, 5.41) is 0.595. The van der Waals surface area contributed by atoms with Crippen molar-refractivity contribution in [3.63, 3.8) is 0 Å². The molecule has 0 amide bonds. The van der Waals surface area contributed by atoms with Crippen LogP contribution in [0.1, 0.15) is 51.5 Å². The fourth-order valence-electron chi connectivity index (χ4n) is 2.37. The minimum absolute atomic E-state index is 0.0671. The lowest BCUT2D eigenvalue weighted by Crippen LogP contribution is -2.08. The second-order valence-electron chi connectivity index (χ2n) is 5.24. The first-order valence-electron chi connectivity index (χ1n) is 7.81. The second-order valence-corrected chi connectivity index (χ2v) is 5.24. The van der Waals surface area contributed by atoms with Crippen molar-refractivity contribution in [2.45, 2.75) is 52.4 Å². The number of aryl methyl sites for hydroxylation is 1. The van der Waals surface area contributed by atoms with Crippen LogP contribution in [-0.4, -0.2) is 11.6 Å². The normalized spacial score (nSPS) is 11.0. The van der Waals surface area contributed by atoms with E-state index in [1.54, 1.807) is 0 Å². The third kappa shape index (κ3) is 4.06. The molecule has 21 heavy (non-hydrogen) atoms. The Kier molecular flexibility index (Phi) is 5.78. The van der Waals surface area contributed by atoms with Crippen molar-refractivity contribution in [1.82, 2.24) is 4.98 Å². The Hall–Kier alpha value is -1.84. The van der Waals surface area contributed by atoms with Crippen LogP contribution in [0.3, 0.4) is 0 Å². The number of hydrogen-bond donors (Lipinski definition) is 0. The molecule has 2 aromatic rings. The van der Waals surface area contributed by atoms with Gasteiger partial charge in [0.25, 0.3) is 0 Å². The van der Waals surface area contributed by atoms with Gasteiger partial charge in [-0.2, -0.15) is 4.98 Å². The van der Waals surface area contributed by atoms with E-state index >= 15 is 0 Å². The van der Waals surface area contributed by atoms with Gasteiger partial charge in [-0.25, -0.2) is 4.79 Å². The van der Waals surface area contributed by atoms with Crippen LogP contribution in [0.5, 0.6) is 6.08 Å². The first kappa shape index (κ1) is 15.5. The molecule has 4 heteroatoms. The van der Waals surface area contributed by atoms with E-state index in [-0.39, 0.29) is 11.7 Å². The SMILES string of the molecule is CCCCCCc1cccc2nc(OCCC)oc(=O)c12. The molecular formula is C17H23NO3. The minimum atomic E-state index is -0.350. The molecule has 2 rings (SSSR count). The molecule has 0 radical (unpaired) electrons. The highest BCUT2D eigenvalue weighted by Crippen LogP contribution is 2.19. The summed E-state index contributed by atoms with van der Waals surface area (Å²) in [5.41, 5.74) is 1.33. The maximum absolute atomic E-state index is 12.2. The first-order chi connectivity index (χ1) is 10.3. The van der Waals surface area contributed by atoms with Gasteiger partial charge in [0.05, 0.1) is 17.5 Å². The number of aromatic nitrogens is 1. The fraction of sp³-hybridized carbons (Fsp3) is 0.529. The van der Waals surface area contributed by atoms with Crippen LogP contribution in [0.25, 0.3) is 10.9 Å². The van der Waals surface area contributed by atoms with Crippen LogP contribution in [0.2, 0.25) is 0 Å². The molecule has 0 atom stereocenters. The van der Waals surface area contributed by atoms with Gasteiger partial charge in [-0.15, -0.1) is 0 Å². The van der Waals surface area contributed by atoms with E-state index < -0.39 is 0 Å². The largest absolute Gasteiger partial charge is 0.450 e. The third-order valence-corrected chi connectivity index (χ3v) is 3.45. The number of nitrogens with zero attached hydrogens (tertiary/aromatic N) is 1. The Morgan fingerprint density at radius 3 is 2.76 bits per heavy atom. The molecular weight excluding hydrogens is 266 g/mol. The van der Waals surface area contributed by atoms with Crippen molar-refractivity contribution >= 4 is 10.9 Å². The molecule has 4 nitrogen and oxygen atoms in total. The number of benzene rings is 1. The highest BCUT2D eigenvalue weighted by Gasteiger charge is 2.11. The molecule has 0 aliphatic rings. The van der Waals surface area contributed by atoms with Crippen LogP contribution >= 0.6 is 0 Å². The lowest BCUT2D eigenvalue weighted by molar-refractivity contribution is 0.217. The van der Waals surface area contributed by atoms with Crippen molar-refractivity contribution in [1.29, 1.82) is 0 Å². The molecule has 0 bridgehead atoms. The van der Waals surface area contributed by atoms with Crippen molar-refractivity contribution in [2.24, 2.45) is 0 Å². The van der Waals surface area contributed by atoms with Crippen molar-refractivity contribution in [3.05, 3.63) is 34.2 Å². The van der Waals surface area contributed by atoms with Crippen molar-refractivity contribution in [2.75, 3.05) is 6.61 Å². The van der Waals surface area contributed by atoms with E-state index in [4.69, 9.17) is 9.15 Å². The van der Waals surface area contributed by atoms with E-state index in [2.05, 4.69) is 11.9 Å². The molecule has 1 aromatic carbocycles. The second kappa shape index (κ2) is 7.81. The van der Waals surface area contributed by atoms with Crippen LogP contribution in [0.4, 0.5) is 0 Å². The summed E-state index contributed by atoms with van der Waals surface area (Å²) in [6.07, 6.45) is 6.51. The predicted molar refractivity (Wildman–Crippen MR) is 83.9 cm³/mol. The maximum atomic E-state index is 12.2. The smallest absolute Gasteiger partial charge is 0.397 e. The van der Waals surface area contributed by atoms with E-state index in [1.165, 1.54) is 19.3 Å². The van der Waals surface area contributed by atoms with Crippen molar-refractivity contribution < 1.29 is 9.15 Å². The predicted octanol–water partition coefficient (Wildman–Crippen LogP) is 4.10. The average molecular weight is 289 g/mol. The van der Waals surface area contributed by atoms with Crippen LogP contribution in [-0.2, 0) is 6.42 Å². The fourth-order valence-corrected chi connectivity index (χ4v) is 2.37. The number of unbranched alkanes of at least 4 members (excludes halogenated alkanes) is 3. The summed E-state index contributed by atoms with van der Waals surface area (Å²) in [5.74, 6) is 0. The Morgan fingerprint density at radius 1 is 1.14 bits per heavy atom. The quantitative estimate of drug-likeness (QED) is 0.686. The van der Waals surface area contributed by atoms with Gasteiger partial charge in [0, 0.05) is 0 Å². The van der Waals surface area contributed by atoms with Crippen LogP contribution in [0.15, 0.2) is 27.4 Å². The van der Waals surface area contributed by atoms with Crippen LogP contribution in [0, 0.1) is 0 Å². The number of rotatable bonds is 8. The zero-order valence-corrected chi connectivity index (χ0v) is 12.9. The van der Waals surface area contributed by atoms with E-state index in [9.17, 15) is 4.79 Å². The van der Waals surface area contributed by atoms with Gasteiger partial charge in [-0.1, -0.05) is 45.2 Å². The van der Waals surface area contributed by atoms with E-state index in [1.807, 2.05) is 25.1 Å². The standard InChI is InChI=1S/C17H23NO3/c1-3-5-6-7-9-13-10-8-11-14-15(13)16(19)21-17(18-14)20-12-4-2/h8,10-11H,3-7,9,12H2,1-2H3. The van der Waals surface area contributed by atoms with Gasteiger partial charge in [0.15, 0.2) is 0 Å². The number of ether oxygens (including phenoxy) is 1. The van der Waals surface area contributed by atoms with Gasteiger partial charge in [-0.3, -0.25) is 0 Å². The molecule has 0 fully saturated rings. The van der Waals surface area contributed by atoms with Gasteiger partial charge >= 0.3 is 11.7 Å². The first-order valence-corrected chi connectivity index (χ1v) is 7.81. The summed E-state index contributed by atoms with van der Waals surface area (Å²) in [6, 6.07) is 5.76. The molecule has 0 aliphatic heterocycles. The van der Waals surface area contributed by atoms with Gasteiger partial charge in [0.2, 0.25) is 0 Å². The zero-order chi connectivity index (χ0) is 15.1. The summed E-state index contributed by atoms with van der Waals surface area (Å²) in [6.45, 7) is 4.68. The van der Waals surface area contributed by atoms with Gasteiger partial charge in [-0.05, 0) is 30.9 Å². The highest BCUT2D eigenvalue weighted by molar-refractivity contribution is 5.80. The Balaban J connectivity index is 2.25. The monoisotopic (exact) mass is 289 g/mol. The number of fused-ring (bicyclic) bond motifs is 1. The molecule has 0 spiro atoms. The molecule has 0 saturated carbocycles. The molecule has 0 N–H and O–H groups in total. The summed E-state index contributed by atoms with van der Waals surface area (Å²) >= 11 is 0. The average Bonchev–Trinajstić information content (AvgIpc) is 2.49. The minimum Gasteiger partial charge on any atom is -0.450 e.